The Morgan fingerprint density at radius 3 is 2.02 bits per heavy atom. The van der Waals surface area contributed by atoms with Crippen LogP contribution in [0.15, 0.2) is 96.5 Å². The Morgan fingerprint density at radius 2 is 1.44 bits per heavy atom. The first kappa shape index (κ1) is 29.0. The third-order valence-corrected chi connectivity index (χ3v) is 9.04. The van der Waals surface area contributed by atoms with E-state index >= 15 is 0 Å². The fourth-order valence-electron chi connectivity index (χ4n) is 5.88. The average molecular weight is 597 g/mol. The van der Waals surface area contributed by atoms with Gasteiger partial charge in [0.1, 0.15) is 12.2 Å². The molecule has 1 aliphatic heterocycles. The van der Waals surface area contributed by atoms with Crippen LogP contribution in [0, 0.1) is 5.92 Å². The summed E-state index contributed by atoms with van der Waals surface area (Å²) in [6, 6.07) is 25.3. The molecule has 0 bridgehead atoms. The van der Waals surface area contributed by atoms with E-state index in [4.69, 9.17) is 0 Å². The number of hydrogen-bond donors (Lipinski definition) is 3. The lowest BCUT2D eigenvalue weighted by molar-refractivity contribution is -0.0404. The average Bonchev–Trinajstić information content (AvgIpc) is 3.73. The van der Waals surface area contributed by atoms with Crippen LogP contribution >= 0.6 is 11.3 Å². The number of benzene rings is 3. The Labute approximate surface area is 255 Å². The SMILES string of the molecule is O=C(Nc1nccs1)c1cccc(CN2C(=O)N(CC3CC3)[C@H](Cc3ccccc3)[C@H](O)[C@@H](O)[C@H]2Cc2ccccc2)c1. The summed E-state index contributed by atoms with van der Waals surface area (Å²) in [6.45, 7) is 0.711. The highest BCUT2D eigenvalue weighted by atomic mass is 32.1. The molecule has 43 heavy (non-hydrogen) atoms. The predicted molar refractivity (Wildman–Crippen MR) is 167 cm³/mol. The van der Waals surface area contributed by atoms with Crippen molar-refractivity contribution in [1.82, 2.24) is 14.8 Å². The molecule has 2 aliphatic rings. The summed E-state index contributed by atoms with van der Waals surface area (Å²) >= 11 is 1.34. The number of rotatable bonds is 10. The first-order valence-corrected chi connectivity index (χ1v) is 15.6. The highest BCUT2D eigenvalue weighted by Crippen LogP contribution is 2.35. The van der Waals surface area contributed by atoms with E-state index in [9.17, 15) is 19.8 Å². The number of amides is 3. The molecule has 6 rings (SSSR count). The van der Waals surface area contributed by atoms with E-state index in [0.717, 1.165) is 29.5 Å². The lowest BCUT2D eigenvalue weighted by atomic mass is 9.91. The van der Waals surface area contributed by atoms with Crippen LogP contribution in [-0.2, 0) is 19.4 Å². The second kappa shape index (κ2) is 13.1. The van der Waals surface area contributed by atoms with E-state index in [1.54, 1.807) is 39.6 Å². The highest BCUT2D eigenvalue weighted by molar-refractivity contribution is 7.13. The first-order chi connectivity index (χ1) is 21.0. The maximum atomic E-state index is 14.6. The van der Waals surface area contributed by atoms with Gasteiger partial charge in [-0.05, 0) is 60.4 Å². The molecule has 1 saturated heterocycles. The van der Waals surface area contributed by atoms with Crippen molar-refractivity contribution in [3.63, 3.8) is 0 Å². The normalized spacial score (nSPS) is 22.3. The molecule has 8 nitrogen and oxygen atoms in total. The van der Waals surface area contributed by atoms with E-state index < -0.39 is 24.3 Å². The van der Waals surface area contributed by atoms with Gasteiger partial charge in [0, 0.05) is 30.2 Å². The van der Waals surface area contributed by atoms with Crippen LogP contribution in [0.2, 0.25) is 0 Å². The third kappa shape index (κ3) is 6.96. The zero-order valence-corrected chi connectivity index (χ0v) is 24.6. The van der Waals surface area contributed by atoms with Crippen LogP contribution in [0.5, 0.6) is 0 Å². The zero-order valence-electron chi connectivity index (χ0n) is 23.8. The molecular formula is C34H36N4O4S. The molecule has 4 atom stereocenters. The Balaban J connectivity index is 1.34. The number of urea groups is 1. The minimum Gasteiger partial charge on any atom is -0.388 e. The van der Waals surface area contributed by atoms with Crippen molar-refractivity contribution in [3.8, 4) is 0 Å². The van der Waals surface area contributed by atoms with Gasteiger partial charge >= 0.3 is 6.03 Å². The second-order valence-electron chi connectivity index (χ2n) is 11.5. The monoisotopic (exact) mass is 596 g/mol. The molecule has 2 heterocycles. The molecule has 3 N–H and O–H groups in total. The lowest BCUT2D eigenvalue weighted by Gasteiger charge is -2.36. The van der Waals surface area contributed by atoms with Crippen molar-refractivity contribution < 1.29 is 19.8 Å². The van der Waals surface area contributed by atoms with Crippen LogP contribution in [0.1, 0.15) is 39.9 Å². The van der Waals surface area contributed by atoms with Crippen molar-refractivity contribution in [2.24, 2.45) is 5.92 Å². The largest absolute Gasteiger partial charge is 0.388 e. The van der Waals surface area contributed by atoms with E-state index in [1.807, 2.05) is 66.7 Å². The van der Waals surface area contributed by atoms with Gasteiger partial charge in [-0.1, -0.05) is 72.8 Å². The molecule has 3 amide bonds. The smallest absolute Gasteiger partial charge is 0.321 e. The fraction of sp³-hybridized carbons (Fsp3) is 0.324. The van der Waals surface area contributed by atoms with Crippen LogP contribution < -0.4 is 5.32 Å². The molecule has 4 aromatic rings. The van der Waals surface area contributed by atoms with Crippen molar-refractivity contribution >= 4 is 28.4 Å². The van der Waals surface area contributed by atoms with Gasteiger partial charge in [-0.15, -0.1) is 11.3 Å². The molecule has 1 aliphatic carbocycles. The standard InChI is InChI=1S/C34H36N4O4S/c39-30-28(19-23-8-3-1-4-9-23)37(21-25-14-15-25)34(42)38(29(31(30)40)20-24-10-5-2-6-11-24)22-26-12-7-13-27(18-26)32(41)36-33-35-16-17-43-33/h1-13,16-18,25,28-31,39-40H,14-15,19-22H2,(H,35,36,41)/t28-,29-,30+,31+/m1/s1. The number of aliphatic hydroxyl groups excluding tert-OH is 2. The summed E-state index contributed by atoms with van der Waals surface area (Å²) in [4.78, 5) is 35.2. The van der Waals surface area contributed by atoms with Gasteiger partial charge in [0.2, 0.25) is 0 Å². The summed E-state index contributed by atoms with van der Waals surface area (Å²) < 4.78 is 0. The molecule has 0 unspecified atom stereocenters. The molecule has 3 aromatic carbocycles. The van der Waals surface area contributed by atoms with Gasteiger partial charge in [-0.3, -0.25) is 10.1 Å². The lowest BCUT2D eigenvalue weighted by Crippen LogP contribution is -2.51. The van der Waals surface area contributed by atoms with Crippen molar-refractivity contribution in [2.45, 2.75) is 56.5 Å². The summed E-state index contributed by atoms with van der Waals surface area (Å²) in [7, 11) is 0. The quantitative estimate of drug-likeness (QED) is 0.239. The predicted octanol–water partition coefficient (Wildman–Crippen LogP) is 4.99. The summed E-state index contributed by atoms with van der Waals surface area (Å²) in [6.07, 6.45) is 2.22. The molecule has 222 valence electrons. The molecule has 9 heteroatoms. The Morgan fingerprint density at radius 1 is 0.837 bits per heavy atom. The van der Waals surface area contributed by atoms with E-state index in [-0.39, 0.29) is 18.5 Å². The first-order valence-electron chi connectivity index (χ1n) is 14.8. The molecule has 0 spiro atoms. The van der Waals surface area contributed by atoms with Gasteiger partial charge in [0.15, 0.2) is 5.13 Å². The molecule has 0 radical (unpaired) electrons. The molecule has 2 fully saturated rings. The van der Waals surface area contributed by atoms with Gasteiger partial charge in [0.25, 0.3) is 5.91 Å². The fourth-order valence-corrected chi connectivity index (χ4v) is 6.41. The number of aromatic nitrogens is 1. The number of thiazole rings is 1. The van der Waals surface area contributed by atoms with E-state index in [2.05, 4.69) is 10.3 Å². The van der Waals surface area contributed by atoms with Crippen LogP contribution in [0.25, 0.3) is 0 Å². The van der Waals surface area contributed by atoms with Crippen molar-refractivity contribution in [1.29, 1.82) is 0 Å². The van der Waals surface area contributed by atoms with Crippen LogP contribution in [0.3, 0.4) is 0 Å². The number of carbonyl (C=O) groups excluding carboxylic acids is 2. The number of anilines is 1. The minimum atomic E-state index is -1.18. The van der Waals surface area contributed by atoms with Gasteiger partial charge in [0.05, 0.1) is 12.1 Å². The van der Waals surface area contributed by atoms with E-state index in [1.165, 1.54) is 11.3 Å². The Kier molecular flexibility index (Phi) is 8.83. The summed E-state index contributed by atoms with van der Waals surface area (Å²) in [5, 5.41) is 28.7. The number of nitrogens with zero attached hydrogens (tertiary/aromatic N) is 3. The topological polar surface area (TPSA) is 106 Å². The number of hydrogen-bond acceptors (Lipinski definition) is 6. The molecular weight excluding hydrogens is 560 g/mol. The summed E-state index contributed by atoms with van der Waals surface area (Å²) in [5.74, 6) is 0.102. The Bertz CT molecular complexity index is 1510. The zero-order chi connectivity index (χ0) is 29.8. The highest BCUT2D eigenvalue weighted by Gasteiger charge is 2.47. The summed E-state index contributed by atoms with van der Waals surface area (Å²) in [5.41, 5.74) is 3.17. The minimum absolute atomic E-state index is 0.178. The number of nitrogens with one attached hydrogen (secondary N) is 1. The van der Waals surface area contributed by atoms with Gasteiger partial charge in [-0.2, -0.15) is 0 Å². The van der Waals surface area contributed by atoms with Gasteiger partial charge in [-0.25, -0.2) is 9.78 Å². The van der Waals surface area contributed by atoms with Gasteiger partial charge < -0.3 is 20.0 Å². The number of carbonyl (C=O) groups is 2. The van der Waals surface area contributed by atoms with Crippen molar-refractivity contribution in [3.05, 3.63) is 119 Å². The van der Waals surface area contributed by atoms with E-state index in [0.29, 0.717) is 36.0 Å². The second-order valence-corrected chi connectivity index (χ2v) is 12.4. The number of aliphatic hydroxyl groups is 2. The maximum Gasteiger partial charge on any atom is 0.321 e. The maximum absolute atomic E-state index is 14.6. The van der Waals surface area contributed by atoms with Crippen LogP contribution in [-0.4, -0.2) is 67.8 Å². The molecule has 1 aromatic heterocycles. The molecule has 1 saturated carbocycles. The van der Waals surface area contributed by atoms with Crippen LogP contribution in [0.4, 0.5) is 9.93 Å². The Hall–Kier alpha value is -4.05. The third-order valence-electron chi connectivity index (χ3n) is 8.35. The van der Waals surface area contributed by atoms with Crippen molar-refractivity contribution in [2.75, 3.05) is 11.9 Å².